The van der Waals surface area contributed by atoms with Crippen LogP contribution in [0.1, 0.15) is 5.56 Å². The zero-order valence-corrected chi connectivity index (χ0v) is 19.5. The Labute approximate surface area is 219 Å². The molecule has 0 unspecified atom stereocenters. The molecule has 0 radical (unpaired) electrons. The van der Waals surface area contributed by atoms with E-state index in [0.717, 1.165) is 39.6 Å². The van der Waals surface area contributed by atoms with Crippen molar-refractivity contribution in [3.05, 3.63) is 66.6 Å². The first-order valence-corrected chi connectivity index (χ1v) is 10.6. The third kappa shape index (κ3) is 6.89. The van der Waals surface area contributed by atoms with Crippen LogP contribution in [0.2, 0.25) is 0 Å². The van der Waals surface area contributed by atoms with E-state index in [-0.39, 0.29) is 0 Å². The lowest BCUT2D eigenvalue weighted by atomic mass is 10.1. The van der Waals surface area contributed by atoms with E-state index in [2.05, 4.69) is 26.3 Å². The number of benzene rings is 1. The molecule has 1 aliphatic heterocycles. The number of fused-ring (bicyclic) bond motifs is 5. The van der Waals surface area contributed by atoms with Gasteiger partial charge in [0.2, 0.25) is 0 Å². The van der Waals surface area contributed by atoms with Crippen LogP contribution in [0.3, 0.4) is 0 Å². The van der Waals surface area contributed by atoms with Crippen LogP contribution in [0, 0.1) is 11.3 Å². The van der Waals surface area contributed by atoms with Crippen molar-refractivity contribution in [3.8, 4) is 40.0 Å². The topological polar surface area (TPSA) is 165 Å². The number of rotatable bonds is 1. The first-order valence-electron chi connectivity index (χ1n) is 10.6. The van der Waals surface area contributed by atoms with Gasteiger partial charge in [0, 0.05) is 29.1 Å². The number of nitrogens with zero attached hydrogens (tertiary/aromatic N) is 4. The summed E-state index contributed by atoms with van der Waals surface area (Å²) in [5, 5.41) is 26.8. The summed E-state index contributed by atoms with van der Waals surface area (Å²) in [6.45, 7) is 0. The molecule has 0 saturated carbocycles. The van der Waals surface area contributed by atoms with E-state index in [1.54, 1.807) is 24.7 Å². The number of aromatic amines is 1. The molecule has 0 fully saturated rings. The summed E-state index contributed by atoms with van der Waals surface area (Å²) in [4.78, 5) is 34.7. The molecule has 1 aliphatic rings. The molecule has 5 rings (SSSR count). The quantitative estimate of drug-likeness (QED) is 0.195. The number of halogens is 6. The summed E-state index contributed by atoms with van der Waals surface area (Å²) in [5.41, 5.74) is 5.95. The van der Waals surface area contributed by atoms with Crippen LogP contribution in [-0.4, -0.2) is 54.4 Å². The molecule has 0 spiro atoms. The van der Waals surface area contributed by atoms with E-state index >= 15 is 0 Å². The normalized spacial score (nSPS) is 11.3. The zero-order valence-electron chi connectivity index (χ0n) is 19.5. The Bertz CT molecular complexity index is 1510. The Morgan fingerprint density at radius 1 is 0.900 bits per heavy atom. The molecule has 4 aromatic rings. The van der Waals surface area contributed by atoms with Crippen molar-refractivity contribution in [2.24, 2.45) is 0 Å². The minimum absolute atomic E-state index is 0.599. The molecular formula is C24H14F6N6O4. The molecule has 0 saturated heterocycles. The second-order valence-corrected chi connectivity index (χ2v) is 7.55. The molecule has 0 atom stereocenters. The van der Waals surface area contributed by atoms with Crippen LogP contribution in [0.5, 0.6) is 0 Å². The van der Waals surface area contributed by atoms with Crippen molar-refractivity contribution < 1.29 is 46.1 Å². The van der Waals surface area contributed by atoms with Crippen LogP contribution in [-0.2, 0) is 9.59 Å². The summed E-state index contributed by atoms with van der Waals surface area (Å²) >= 11 is 0. The van der Waals surface area contributed by atoms with Crippen LogP contribution >= 0.6 is 0 Å². The molecule has 16 heteroatoms. The molecule has 4 N–H and O–H groups in total. The number of H-pyrrole nitrogens is 1. The van der Waals surface area contributed by atoms with Crippen LogP contribution in [0.4, 0.5) is 37.8 Å². The van der Waals surface area contributed by atoms with E-state index < -0.39 is 24.3 Å². The summed E-state index contributed by atoms with van der Waals surface area (Å²) in [5.74, 6) is -4.06. The summed E-state index contributed by atoms with van der Waals surface area (Å²) in [7, 11) is 0. The molecular weight excluding hydrogens is 550 g/mol. The maximum absolute atomic E-state index is 10.6. The summed E-state index contributed by atoms with van der Waals surface area (Å²) in [6.07, 6.45) is -4.89. The monoisotopic (exact) mass is 564 g/mol. The van der Waals surface area contributed by atoms with Crippen LogP contribution < -0.4 is 5.32 Å². The fraction of sp³-hybridized carbons (Fsp3) is 0.0833. The van der Waals surface area contributed by atoms with E-state index in [9.17, 15) is 26.3 Å². The Morgan fingerprint density at radius 2 is 1.55 bits per heavy atom. The van der Waals surface area contributed by atoms with Gasteiger partial charge in [0.25, 0.3) is 0 Å². The smallest absolute Gasteiger partial charge is 0.475 e. The van der Waals surface area contributed by atoms with Gasteiger partial charge >= 0.3 is 24.3 Å². The van der Waals surface area contributed by atoms with Gasteiger partial charge in [0.1, 0.15) is 17.3 Å². The maximum Gasteiger partial charge on any atom is 0.490 e. The number of pyridine rings is 2. The van der Waals surface area contributed by atoms with Gasteiger partial charge in [-0.05, 0) is 30.3 Å². The molecule has 1 aromatic carbocycles. The third-order valence-corrected chi connectivity index (χ3v) is 4.86. The van der Waals surface area contributed by atoms with Crippen molar-refractivity contribution in [2.45, 2.75) is 12.4 Å². The number of hydrogen-bond acceptors (Lipinski definition) is 7. The summed E-state index contributed by atoms with van der Waals surface area (Å²) < 4.78 is 63.5. The standard InChI is InChI=1S/C20H12N6.2C2HF3O2/c21-10-12-3-1-4-13(9-12)19-25-17-14-6-8-22-11-16(14)24-20-15(18(17)26-19)5-2-7-23-20;2*3-2(4,5)1(6)7/h1-9,11H,(H,23,24)(H,25,26);2*(H,6,7). The van der Waals surface area contributed by atoms with Crippen molar-refractivity contribution in [3.63, 3.8) is 0 Å². The van der Waals surface area contributed by atoms with E-state index in [0.29, 0.717) is 11.4 Å². The number of carboxylic acid groups (broad SMARTS) is 2. The number of nitrogens with one attached hydrogen (secondary N) is 2. The minimum Gasteiger partial charge on any atom is -0.475 e. The minimum atomic E-state index is -5.08. The number of aromatic nitrogens is 4. The third-order valence-electron chi connectivity index (χ3n) is 4.86. The lowest BCUT2D eigenvalue weighted by Crippen LogP contribution is -2.21. The highest BCUT2D eigenvalue weighted by Crippen LogP contribution is 2.42. The molecule has 3 aromatic heterocycles. The molecule has 206 valence electrons. The molecule has 4 heterocycles. The zero-order chi connectivity index (χ0) is 29.7. The largest absolute Gasteiger partial charge is 0.490 e. The first-order chi connectivity index (χ1) is 18.7. The van der Waals surface area contributed by atoms with E-state index in [1.807, 2.05) is 36.4 Å². The average molecular weight is 564 g/mol. The predicted molar refractivity (Wildman–Crippen MR) is 126 cm³/mol. The fourth-order valence-electron chi connectivity index (χ4n) is 3.17. The number of anilines is 2. The van der Waals surface area contributed by atoms with E-state index in [1.165, 1.54) is 0 Å². The number of carbonyl (C=O) groups is 2. The molecule has 40 heavy (non-hydrogen) atoms. The first kappa shape index (κ1) is 29.1. The van der Waals surface area contributed by atoms with Crippen molar-refractivity contribution in [1.29, 1.82) is 5.26 Å². The van der Waals surface area contributed by atoms with Gasteiger partial charge in [-0.1, -0.05) is 12.1 Å². The second-order valence-electron chi connectivity index (χ2n) is 7.55. The van der Waals surface area contributed by atoms with Crippen molar-refractivity contribution in [1.82, 2.24) is 19.9 Å². The van der Waals surface area contributed by atoms with Gasteiger partial charge in [-0.2, -0.15) is 31.6 Å². The highest BCUT2D eigenvalue weighted by Gasteiger charge is 2.38. The SMILES string of the molecule is N#Cc1cccc(-c2nc3c([nH]2)-c2ccncc2Nc2ncccc2-3)c1.O=C(O)C(F)(F)F.O=C(O)C(F)(F)F. The molecule has 0 bridgehead atoms. The number of imidazole rings is 1. The molecule has 0 aliphatic carbocycles. The second kappa shape index (κ2) is 11.5. The van der Waals surface area contributed by atoms with Crippen LogP contribution in [0.25, 0.3) is 33.9 Å². The number of carboxylic acids is 2. The lowest BCUT2D eigenvalue weighted by molar-refractivity contribution is -0.193. The maximum atomic E-state index is 10.6. The van der Waals surface area contributed by atoms with Gasteiger partial charge in [-0.25, -0.2) is 19.6 Å². The molecule has 10 nitrogen and oxygen atoms in total. The Hall–Kier alpha value is -5.46. The molecule has 0 amide bonds. The van der Waals surface area contributed by atoms with Crippen molar-refractivity contribution in [2.75, 3.05) is 5.32 Å². The van der Waals surface area contributed by atoms with Crippen molar-refractivity contribution >= 4 is 23.4 Å². The highest BCUT2D eigenvalue weighted by molar-refractivity contribution is 5.95. The number of aliphatic carboxylic acids is 2. The van der Waals surface area contributed by atoms with Gasteiger partial charge in [-0.3, -0.25) is 4.98 Å². The predicted octanol–water partition coefficient (Wildman–Crippen LogP) is 5.40. The number of alkyl halides is 6. The van der Waals surface area contributed by atoms with Crippen LogP contribution in [0.15, 0.2) is 61.1 Å². The summed E-state index contributed by atoms with van der Waals surface area (Å²) in [6, 6.07) is 15.4. The Kier molecular flexibility index (Phi) is 8.38. The average Bonchev–Trinajstić information content (AvgIpc) is 3.29. The number of nitriles is 1. The van der Waals surface area contributed by atoms with E-state index in [4.69, 9.17) is 30.0 Å². The van der Waals surface area contributed by atoms with Gasteiger partial charge in [0.15, 0.2) is 0 Å². The van der Waals surface area contributed by atoms with Gasteiger partial charge < -0.3 is 20.5 Å². The lowest BCUT2D eigenvalue weighted by Gasteiger charge is -2.07. The van der Waals surface area contributed by atoms with Gasteiger partial charge in [-0.15, -0.1) is 0 Å². The number of hydrogen-bond donors (Lipinski definition) is 4. The Balaban J connectivity index is 0.000000263. The Morgan fingerprint density at radius 3 is 2.15 bits per heavy atom. The highest BCUT2D eigenvalue weighted by atomic mass is 19.4. The fourth-order valence-corrected chi connectivity index (χ4v) is 3.17. The van der Waals surface area contributed by atoms with Gasteiger partial charge in [0.05, 0.1) is 29.2 Å².